The number of nitrogens with one attached hydrogen (secondary N) is 1. The Balaban J connectivity index is 1.51. The Hall–Kier alpha value is -3.77. The molecule has 5 rings (SSSR count). The quantitative estimate of drug-likeness (QED) is 0.434. The standard InChI is InChI=1S/C24H26N6O5S/c1-13-19(22(33)34)36-24(25-13)28-23-26-20(29-9-7-15(31)8-10-29)17-11-18(32)30(21(17)27-23)12-14-3-5-16(35-2)6-4-14/h3-6,15,31H,7-12H2,1-2H3,(H,33,34)(H,25,26,27,28). The average molecular weight is 511 g/mol. The van der Waals surface area contributed by atoms with Crippen LogP contribution in [0.25, 0.3) is 0 Å². The Kier molecular flexibility index (Phi) is 6.46. The van der Waals surface area contributed by atoms with Gasteiger partial charge in [0.15, 0.2) is 5.13 Å². The molecule has 0 saturated carbocycles. The number of carboxylic acid groups (broad SMARTS) is 1. The average Bonchev–Trinajstić information content (AvgIpc) is 3.38. The second-order valence-electron chi connectivity index (χ2n) is 8.76. The van der Waals surface area contributed by atoms with E-state index >= 15 is 0 Å². The first-order valence-corrected chi connectivity index (χ1v) is 12.4. The molecule has 36 heavy (non-hydrogen) atoms. The Morgan fingerprint density at radius 1 is 1.17 bits per heavy atom. The molecule has 2 aliphatic heterocycles. The summed E-state index contributed by atoms with van der Waals surface area (Å²) >= 11 is 1.00. The maximum atomic E-state index is 13.1. The molecule has 0 unspecified atom stereocenters. The lowest BCUT2D eigenvalue weighted by Crippen LogP contribution is -2.37. The first-order valence-electron chi connectivity index (χ1n) is 11.6. The normalized spacial score (nSPS) is 15.8. The van der Waals surface area contributed by atoms with Crippen molar-refractivity contribution in [3.8, 4) is 5.75 Å². The van der Waals surface area contributed by atoms with Crippen LogP contribution in [0.5, 0.6) is 5.75 Å². The Bertz CT molecular complexity index is 1300. The lowest BCUT2D eigenvalue weighted by Gasteiger charge is -2.31. The topological polar surface area (TPSA) is 141 Å². The van der Waals surface area contributed by atoms with Crippen LogP contribution in [0.1, 0.15) is 39.3 Å². The van der Waals surface area contributed by atoms with Crippen LogP contribution in [0.3, 0.4) is 0 Å². The first kappa shape index (κ1) is 23.9. The highest BCUT2D eigenvalue weighted by Gasteiger charge is 2.35. The van der Waals surface area contributed by atoms with Crippen molar-refractivity contribution in [2.75, 3.05) is 35.3 Å². The van der Waals surface area contributed by atoms with Gasteiger partial charge in [0.1, 0.15) is 22.3 Å². The highest BCUT2D eigenvalue weighted by atomic mass is 32.1. The SMILES string of the molecule is COc1ccc(CN2C(=O)Cc3c(N4CCC(O)CC4)nc(Nc4nc(C)c(C(=O)O)s4)nc32)cc1. The van der Waals surface area contributed by atoms with Gasteiger partial charge in [-0.25, -0.2) is 9.78 Å². The zero-order valence-corrected chi connectivity index (χ0v) is 20.7. The molecule has 12 heteroatoms. The number of hydrogen-bond acceptors (Lipinski definition) is 10. The molecule has 4 heterocycles. The lowest BCUT2D eigenvalue weighted by molar-refractivity contribution is -0.117. The Morgan fingerprint density at radius 3 is 2.50 bits per heavy atom. The number of methoxy groups -OCH3 is 1. The van der Waals surface area contributed by atoms with Crippen molar-refractivity contribution in [1.82, 2.24) is 15.0 Å². The number of piperidine rings is 1. The van der Waals surface area contributed by atoms with Crippen molar-refractivity contribution in [3.63, 3.8) is 0 Å². The van der Waals surface area contributed by atoms with Gasteiger partial charge in [-0.1, -0.05) is 23.5 Å². The number of carbonyl (C=O) groups excluding carboxylic acids is 1. The summed E-state index contributed by atoms with van der Waals surface area (Å²) in [7, 11) is 1.60. The minimum Gasteiger partial charge on any atom is -0.497 e. The molecule has 0 atom stereocenters. The predicted molar refractivity (Wildman–Crippen MR) is 134 cm³/mol. The van der Waals surface area contributed by atoms with Crippen molar-refractivity contribution in [2.24, 2.45) is 0 Å². The molecule has 1 saturated heterocycles. The summed E-state index contributed by atoms with van der Waals surface area (Å²) in [5, 5.41) is 22.8. The largest absolute Gasteiger partial charge is 0.497 e. The number of hydrogen-bond donors (Lipinski definition) is 3. The Labute approximate surface area is 211 Å². The maximum Gasteiger partial charge on any atom is 0.347 e. The van der Waals surface area contributed by atoms with Crippen LogP contribution in [0, 0.1) is 6.92 Å². The summed E-state index contributed by atoms with van der Waals surface area (Å²) in [6.45, 7) is 3.19. The van der Waals surface area contributed by atoms with E-state index in [1.807, 2.05) is 24.3 Å². The molecule has 1 amide bonds. The molecule has 2 aromatic heterocycles. The number of nitrogens with zero attached hydrogens (tertiary/aromatic N) is 5. The molecule has 1 fully saturated rings. The molecular formula is C24H26N6O5S. The molecule has 11 nitrogen and oxygen atoms in total. The number of rotatable bonds is 7. The van der Waals surface area contributed by atoms with Crippen molar-refractivity contribution < 1.29 is 24.5 Å². The zero-order chi connectivity index (χ0) is 25.4. The molecule has 0 bridgehead atoms. The molecule has 188 valence electrons. The van der Waals surface area contributed by atoms with Crippen LogP contribution in [0.15, 0.2) is 24.3 Å². The predicted octanol–water partition coefficient (Wildman–Crippen LogP) is 2.74. The van der Waals surface area contributed by atoms with E-state index in [1.165, 1.54) is 0 Å². The second-order valence-corrected chi connectivity index (χ2v) is 9.76. The number of aromatic nitrogens is 3. The van der Waals surface area contributed by atoms with E-state index in [0.717, 1.165) is 28.2 Å². The molecule has 0 radical (unpaired) electrons. The van der Waals surface area contributed by atoms with E-state index in [0.29, 0.717) is 54.9 Å². The highest BCUT2D eigenvalue weighted by Crippen LogP contribution is 2.37. The third-order valence-electron chi connectivity index (χ3n) is 6.32. The van der Waals surface area contributed by atoms with Gasteiger partial charge in [-0.15, -0.1) is 0 Å². The molecule has 0 aliphatic carbocycles. The molecule has 3 aromatic rings. The fraction of sp³-hybridized carbons (Fsp3) is 0.375. The molecule has 2 aliphatic rings. The summed E-state index contributed by atoms with van der Waals surface area (Å²) in [6.07, 6.45) is 1.05. The van der Waals surface area contributed by atoms with Crippen LogP contribution in [-0.2, 0) is 17.8 Å². The van der Waals surface area contributed by atoms with E-state index < -0.39 is 5.97 Å². The molecule has 0 spiro atoms. The first-order chi connectivity index (χ1) is 17.3. The monoisotopic (exact) mass is 510 g/mol. The van der Waals surface area contributed by atoms with E-state index in [9.17, 15) is 19.8 Å². The van der Waals surface area contributed by atoms with Gasteiger partial charge >= 0.3 is 5.97 Å². The molecular weight excluding hydrogens is 484 g/mol. The number of carboxylic acids is 1. The van der Waals surface area contributed by atoms with E-state index in [2.05, 4.69) is 20.2 Å². The number of anilines is 4. The van der Waals surface area contributed by atoms with Crippen LogP contribution in [0.2, 0.25) is 0 Å². The summed E-state index contributed by atoms with van der Waals surface area (Å²) in [5.41, 5.74) is 2.07. The van der Waals surface area contributed by atoms with Crippen molar-refractivity contribution >= 4 is 45.9 Å². The number of aliphatic hydroxyl groups is 1. The van der Waals surface area contributed by atoms with Crippen LogP contribution < -0.4 is 19.9 Å². The lowest BCUT2D eigenvalue weighted by atomic mass is 10.1. The van der Waals surface area contributed by atoms with Gasteiger partial charge in [-0.05, 0) is 37.5 Å². The van der Waals surface area contributed by atoms with Gasteiger partial charge in [0.05, 0.1) is 31.9 Å². The fourth-order valence-electron chi connectivity index (χ4n) is 4.42. The number of benzene rings is 1. The summed E-state index contributed by atoms with van der Waals surface area (Å²) in [4.78, 5) is 42.1. The minimum absolute atomic E-state index is 0.0798. The second kappa shape index (κ2) is 9.70. The Morgan fingerprint density at radius 2 is 1.86 bits per heavy atom. The number of aromatic carboxylic acids is 1. The smallest absolute Gasteiger partial charge is 0.347 e. The number of aryl methyl sites for hydroxylation is 1. The zero-order valence-electron chi connectivity index (χ0n) is 19.9. The van der Waals surface area contributed by atoms with Gasteiger partial charge in [0, 0.05) is 18.7 Å². The van der Waals surface area contributed by atoms with E-state index in [-0.39, 0.29) is 29.3 Å². The van der Waals surface area contributed by atoms with E-state index in [4.69, 9.17) is 9.72 Å². The number of ether oxygens (including phenoxy) is 1. The number of carbonyl (C=O) groups is 2. The van der Waals surface area contributed by atoms with Gasteiger partial charge in [-0.3, -0.25) is 15.0 Å². The number of thiazole rings is 1. The third-order valence-corrected chi connectivity index (χ3v) is 7.38. The van der Waals surface area contributed by atoms with Crippen LogP contribution in [-0.4, -0.2) is 63.3 Å². The van der Waals surface area contributed by atoms with Gasteiger partial charge in [0.2, 0.25) is 11.9 Å². The highest BCUT2D eigenvalue weighted by molar-refractivity contribution is 7.17. The van der Waals surface area contributed by atoms with Gasteiger partial charge < -0.3 is 19.8 Å². The van der Waals surface area contributed by atoms with Crippen molar-refractivity contribution in [3.05, 3.63) is 46.0 Å². The summed E-state index contributed by atoms with van der Waals surface area (Å²) < 4.78 is 5.23. The molecule has 1 aromatic carbocycles. The number of fused-ring (bicyclic) bond motifs is 1. The van der Waals surface area contributed by atoms with E-state index in [1.54, 1.807) is 18.9 Å². The summed E-state index contributed by atoms with van der Waals surface area (Å²) in [6, 6.07) is 7.50. The maximum absolute atomic E-state index is 13.1. The fourth-order valence-corrected chi connectivity index (χ4v) is 5.22. The number of aliphatic hydroxyl groups excluding tert-OH is 1. The van der Waals surface area contributed by atoms with Crippen molar-refractivity contribution in [2.45, 2.75) is 38.8 Å². The van der Waals surface area contributed by atoms with Crippen molar-refractivity contribution in [1.29, 1.82) is 0 Å². The van der Waals surface area contributed by atoms with Gasteiger partial charge in [-0.2, -0.15) is 9.97 Å². The molecule has 3 N–H and O–H groups in total. The van der Waals surface area contributed by atoms with Gasteiger partial charge in [0.25, 0.3) is 0 Å². The summed E-state index contributed by atoms with van der Waals surface area (Å²) in [5.74, 6) is 0.998. The van der Waals surface area contributed by atoms with Crippen LogP contribution in [0.4, 0.5) is 22.7 Å². The minimum atomic E-state index is -1.04. The number of amides is 1. The third kappa shape index (κ3) is 4.69. The van der Waals surface area contributed by atoms with Crippen LogP contribution >= 0.6 is 11.3 Å².